The Morgan fingerprint density at radius 1 is 1.15 bits per heavy atom. The van der Waals surface area contributed by atoms with E-state index >= 15 is 0 Å². The molecule has 1 aromatic carbocycles. The molecule has 1 saturated heterocycles. The fourth-order valence-electron chi connectivity index (χ4n) is 2.00. The Morgan fingerprint density at radius 3 is 2.30 bits per heavy atom. The molecule has 0 spiro atoms. The van der Waals surface area contributed by atoms with Crippen LogP contribution in [-0.2, 0) is 9.31 Å². The number of ether oxygens (including phenoxy) is 1. The predicted molar refractivity (Wildman–Crippen MR) is 83.0 cm³/mol. The molecule has 0 bridgehead atoms. The smallest absolute Gasteiger partial charge is 0.492 e. The van der Waals surface area contributed by atoms with E-state index in [1.807, 2.05) is 45.9 Å². The molecule has 0 aromatic heterocycles. The van der Waals surface area contributed by atoms with Crippen LogP contribution in [-0.4, -0.2) is 24.9 Å². The van der Waals surface area contributed by atoms with Gasteiger partial charge in [-0.25, -0.2) is 0 Å². The molecule has 0 unspecified atom stereocenters. The first-order valence-corrected chi connectivity index (χ1v) is 7.43. The topological polar surface area (TPSA) is 27.7 Å². The second-order valence-corrected chi connectivity index (χ2v) is 6.47. The van der Waals surface area contributed by atoms with Crippen molar-refractivity contribution in [1.29, 1.82) is 0 Å². The Balaban J connectivity index is 2.26. The van der Waals surface area contributed by atoms with E-state index in [4.69, 9.17) is 25.6 Å². The first kappa shape index (κ1) is 15.7. The van der Waals surface area contributed by atoms with E-state index in [0.717, 1.165) is 11.9 Å². The minimum absolute atomic E-state index is 0.374. The quantitative estimate of drug-likeness (QED) is 0.797. The van der Waals surface area contributed by atoms with Crippen LogP contribution < -0.4 is 10.2 Å². The molecular weight excluding hydrogens is 274 g/mol. The van der Waals surface area contributed by atoms with Crippen LogP contribution in [0.2, 0.25) is 5.02 Å². The molecule has 1 fully saturated rings. The molecule has 1 aliphatic rings. The van der Waals surface area contributed by atoms with Crippen LogP contribution >= 0.6 is 11.6 Å². The summed E-state index contributed by atoms with van der Waals surface area (Å²) in [5, 5.41) is 0.569. The van der Waals surface area contributed by atoms with Gasteiger partial charge in [0, 0.05) is 5.46 Å². The van der Waals surface area contributed by atoms with Crippen LogP contribution in [0.25, 0.3) is 0 Å². The molecule has 0 saturated carbocycles. The van der Waals surface area contributed by atoms with Crippen molar-refractivity contribution in [2.24, 2.45) is 0 Å². The summed E-state index contributed by atoms with van der Waals surface area (Å²) in [6.07, 6.45) is 0.942. The Morgan fingerprint density at radius 2 is 1.75 bits per heavy atom. The lowest BCUT2D eigenvalue weighted by atomic mass is 9.79. The summed E-state index contributed by atoms with van der Waals surface area (Å²) in [4.78, 5) is 0. The number of benzene rings is 1. The Hall–Kier alpha value is -0.705. The third-order valence-electron chi connectivity index (χ3n) is 3.96. The van der Waals surface area contributed by atoms with Gasteiger partial charge < -0.3 is 14.0 Å². The summed E-state index contributed by atoms with van der Waals surface area (Å²) in [7, 11) is -0.460. The molecule has 5 heteroatoms. The normalized spacial score (nSPS) is 20.2. The van der Waals surface area contributed by atoms with Crippen molar-refractivity contribution in [3.05, 3.63) is 23.2 Å². The number of halogens is 1. The van der Waals surface area contributed by atoms with Crippen molar-refractivity contribution in [2.45, 2.75) is 52.2 Å². The second kappa shape index (κ2) is 5.59. The molecule has 1 aromatic rings. The number of hydrogen-bond donors (Lipinski definition) is 0. The Labute approximate surface area is 126 Å². The fourth-order valence-corrected chi connectivity index (χ4v) is 2.27. The summed E-state index contributed by atoms with van der Waals surface area (Å²) < 4.78 is 17.7. The molecule has 0 amide bonds. The third kappa shape index (κ3) is 2.83. The Kier molecular flexibility index (Phi) is 4.38. The Bertz CT molecular complexity index is 472. The monoisotopic (exact) mass is 296 g/mol. The van der Waals surface area contributed by atoms with Gasteiger partial charge in [0.25, 0.3) is 0 Å². The molecule has 0 atom stereocenters. The van der Waals surface area contributed by atoms with Crippen molar-refractivity contribution < 1.29 is 14.0 Å². The zero-order valence-corrected chi connectivity index (χ0v) is 13.6. The van der Waals surface area contributed by atoms with Gasteiger partial charge in [-0.1, -0.05) is 30.7 Å². The molecule has 3 nitrogen and oxygen atoms in total. The number of rotatable bonds is 4. The van der Waals surface area contributed by atoms with Crippen molar-refractivity contribution in [1.82, 2.24) is 0 Å². The molecule has 110 valence electrons. The highest BCUT2D eigenvalue weighted by Crippen LogP contribution is 2.37. The molecule has 0 radical (unpaired) electrons. The standard InChI is InChI=1S/C15H22BClO3/c1-6-10-18-12-9-7-8-11(13(12)17)16-19-14(2,3)15(4,5)20-16/h7-9H,6,10H2,1-5H3. The summed E-state index contributed by atoms with van der Waals surface area (Å²) >= 11 is 6.43. The zero-order chi connectivity index (χ0) is 15.0. The third-order valence-corrected chi connectivity index (χ3v) is 4.37. The summed E-state index contributed by atoms with van der Waals surface area (Å²) in [5.41, 5.74) is 0.0710. The van der Waals surface area contributed by atoms with E-state index < -0.39 is 7.12 Å². The van der Waals surface area contributed by atoms with E-state index in [0.29, 0.717) is 17.4 Å². The second-order valence-electron chi connectivity index (χ2n) is 6.10. The van der Waals surface area contributed by atoms with Gasteiger partial charge in [0.2, 0.25) is 0 Å². The lowest BCUT2D eigenvalue weighted by Gasteiger charge is -2.32. The van der Waals surface area contributed by atoms with E-state index in [9.17, 15) is 0 Å². The van der Waals surface area contributed by atoms with Gasteiger partial charge in [-0.3, -0.25) is 0 Å². The van der Waals surface area contributed by atoms with E-state index in [1.165, 1.54) is 0 Å². The highest BCUT2D eigenvalue weighted by Gasteiger charge is 2.52. The average Bonchev–Trinajstić information content (AvgIpc) is 2.57. The van der Waals surface area contributed by atoms with Gasteiger partial charge in [-0.2, -0.15) is 0 Å². The van der Waals surface area contributed by atoms with Gasteiger partial charge in [0.15, 0.2) is 0 Å². The molecule has 20 heavy (non-hydrogen) atoms. The number of hydrogen-bond acceptors (Lipinski definition) is 3. The van der Waals surface area contributed by atoms with Crippen LogP contribution in [0.3, 0.4) is 0 Å². The molecule has 0 aliphatic carbocycles. The largest absolute Gasteiger partial charge is 0.496 e. The highest BCUT2D eigenvalue weighted by atomic mass is 35.5. The minimum Gasteiger partial charge on any atom is -0.492 e. The average molecular weight is 297 g/mol. The van der Waals surface area contributed by atoms with Crippen molar-refractivity contribution in [2.75, 3.05) is 6.61 Å². The summed E-state index contributed by atoms with van der Waals surface area (Å²) in [6, 6.07) is 5.70. The van der Waals surface area contributed by atoms with Gasteiger partial charge in [-0.05, 0) is 40.2 Å². The van der Waals surface area contributed by atoms with Crippen LogP contribution in [0.4, 0.5) is 0 Å². The molecule has 2 rings (SSSR count). The van der Waals surface area contributed by atoms with Crippen molar-refractivity contribution in [3.8, 4) is 5.75 Å². The van der Waals surface area contributed by atoms with Crippen LogP contribution in [0, 0.1) is 0 Å². The first-order chi connectivity index (χ1) is 9.28. The maximum absolute atomic E-state index is 6.43. The molecule has 0 N–H and O–H groups in total. The van der Waals surface area contributed by atoms with E-state index in [2.05, 4.69) is 6.92 Å². The van der Waals surface area contributed by atoms with E-state index in [1.54, 1.807) is 0 Å². The van der Waals surface area contributed by atoms with Gasteiger partial charge in [0.1, 0.15) is 5.75 Å². The molecule has 1 aliphatic heterocycles. The molecular formula is C15H22BClO3. The van der Waals surface area contributed by atoms with Crippen molar-refractivity contribution >= 4 is 24.2 Å². The fraction of sp³-hybridized carbons (Fsp3) is 0.600. The SMILES string of the molecule is CCCOc1cccc(B2OC(C)(C)C(C)(C)O2)c1Cl. The maximum atomic E-state index is 6.43. The zero-order valence-electron chi connectivity index (χ0n) is 12.8. The summed E-state index contributed by atoms with van der Waals surface area (Å²) in [5.74, 6) is 0.681. The molecule has 1 heterocycles. The summed E-state index contributed by atoms with van der Waals surface area (Å²) in [6.45, 7) is 10.8. The van der Waals surface area contributed by atoms with Gasteiger partial charge in [0.05, 0.1) is 22.8 Å². The maximum Gasteiger partial charge on any atom is 0.496 e. The van der Waals surface area contributed by atoms with Crippen LogP contribution in [0.1, 0.15) is 41.0 Å². The predicted octanol–water partition coefficient (Wildman–Crippen LogP) is 3.43. The lowest BCUT2D eigenvalue weighted by Crippen LogP contribution is -2.41. The van der Waals surface area contributed by atoms with Gasteiger partial charge in [-0.15, -0.1) is 0 Å². The lowest BCUT2D eigenvalue weighted by molar-refractivity contribution is 0.00578. The first-order valence-electron chi connectivity index (χ1n) is 7.05. The van der Waals surface area contributed by atoms with Gasteiger partial charge >= 0.3 is 7.12 Å². The van der Waals surface area contributed by atoms with Crippen LogP contribution in [0.15, 0.2) is 18.2 Å². The van der Waals surface area contributed by atoms with Crippen LogP contribution in [0.5, 0.6) is 5.75 Å². The van der Waals surface area contributed by atoms with Crippen molar-refractivity contribution in [3.63, 3.8) is 0 Å². The van der Waals surface area contributed by atoms with E-state index in [-0.39, 0.29) is 11.2 Å². The minimum atomic E-state index is -0.460. The highest BCUT2D eigenvalue weighted by molar-refractivity contribution is 6.66.